The van der Waals surface area contributed by atoms with E-state index in [0.29, 0.717) is 4.88 Å². The van der Waals surface area contributed by atoms with E-state index in [0.717, 1.165) is 21.4 Å². The highest BCUT2D eigenvalue weighted by molar-refractivity contribution is 7.12. The first-order chi connectivity index (χ1) is 8.78. The van der Waals surface area contributed by atoms with Gasteiger partial charge in [-0.05, 0) is 35.9 Å². The second-order valence-electron chi connectivity index (χ2n) is 3.93. The third kappa shape index (κ3) is 1.80. The molecule has 3 rings (SSSR count). The molecular weight excluding hydrogens is 246 g/mol. The summed E-state index contributed by atoms with van der Waals surface area (Å²) in [5, 5.41) is 20.0. The Hall–Kier alpha value is -2.09. The lowest BCUT2D eigenvalue weighted by Crippen LogP contribution is -1.96. The predicted molar refractivity (Wildman–Crippen MR) is 69.3 cm³/mol. The van der Waals surface area contributed by atoms with E-state index in [4.69, 9.17) is 9.68 Å². The zero-order chi connectivity index (χ0) is 12.5. The molecule has 0 amide bonds. The molecule has 3 aromatic rings. The van der Waals surface area contributed by atoms with Crippen LogP contribution in [0.2, 0.25) is 0 Å². The topological polar surface area (TPSA) is 57.2 Å². The average Bonchev–Trinajstić information content (AvgIpc) is 3.05. The van der Waals surface area contributed by atoms with E-state index in [9.17, 15) is 5.11 Å². The zero-order valence-electron chi connectivity index (χ0n) is 9.33. The van der Waals surface area contributed by atoms with Crippen molar-refractivity contribution in [1.82, 2.24) is 0 Å². The Bertz CT molecular complexity index is 735. The van der Waals surface area contributed by atoms with E-state index in [1.165, 1.54) is 11.3 Å². The monoisotopic (exact) mass is 255 g/mol. The number of aliphatic hydroxyl groups excluding tert-OH is 1. The molecule has 0 radical (unpaired) electrons. The first-order valence-corrected chi connectivity index (χ1v) is 6.24. The van der Waals surface area contributed by atoms with E-state index >= 15 is 0 Å². The number of aliphatic hydroxyl groups is 1. The number of benzene rings is 1. The standard InChI is InChI=1S/C14H9NO2S/c15-8-11-2-4-13(18-11)14(16)10-1-3-12-9(7-10)5-6-17-12/h1-7,14,16H. The summed E-state index contributed by atoms with van der Waals surface area (Å²) >= 11 is 1.31. The SMILES string of the molecule is N#Cc1ccc(C(O)c2ccc3occc3c2)s1. The van der Waals surface area contributed by atoms with Gasteiger partial charge in [-0.2, -0.15) is 5.26 Å². The molecule has 3 nitrogen and oxygen atoms in total. The van der Waals surface area contributed by atoms with Crippen LogP contribution in [0.25, 0.3) is 11.0 Å². The fraction of sp³-hybridized carbons (Fsp3) is 0.0714. The molecule has 1 atom stereocenters. The molecule has 0 saturated carbocycles. The summed E-state index contributed by atoms with van der Waals surface area (Å²) in [6.07, 6.45) is 0.927. The summed E-state index contributed by atoms with van der Waals surface area (Å²) in [6.45, 7) is 0. The summed E-state index contributed by atoms with van der Waals surface area (Å²) in [5.41, 5.74) is 1.60. The van der Waals surface area contributed by atoms with Gasteiger partial charge in [0.2, 0.25) is 0 Å². The van der Waals surface area contributed by atoms with E-state index < -0.39 is 6.10 Å². The molecule has 0 bridgehead atoms. The number of hydrogen-bond acceptors (Lipinski definition) is 4. The van der Waals surface area contributed by atoms with Gasteiger partial charge in [-0.15, -0.1) is 11.3 Å². The molecule has 0 aliphatic rings. The van der Waals surface area contributed by atoms with Crippen LogP contribution in [0.4, 0.5) is 0 Å². The van der Waals surface area contributed by atoms with Gasteiger partial charge in [-0.3, -0.25) is 0 Å². The lowest BCUT2D eigenvalue weighted by Gasteiger charge is -2.08. The molecule has 2 aromatic heterocycles. The molecule has 0 aliphatic heterocycles. The lowest BCUT2D eigenvalue weighted by atomic mass is 10.1. The summed E-state index contributed by atoms with van der Waals surface area (Å²) in [5.74, 6) is 0. The molecule has 18 heavy (non-hydrogen) atoms. The van der Waals surface area contributed by atoms with Gasteiger partial charge in [-0.1, -0.05) is 6.07 Å². The van der Waals surface area contributed by atoms with Gasteiger partial charge in [0.05, 0.1) is 6.26 Å². The Morgan fingerprint density at radius 3 is 2.89 bits per heavy atom. The predicted octanol–water partition coefficient (Wildman–Crippen LogP) is 3.45. The van der Waals surface area contributed by atoms with Crippen molar-refractivity contribution >= 4 is 22.3 Å². The molecule has 0 fully saturated rings. The van der Waals surface area contributed by atoms with Gasteiger partial charge in [0.15, 0.2) is 0 Å². The van der Waals surface area contributed by atoms with Crippen LogP contribution in [0.5, 0.6) is 0 Å². The number of nitrogens with zero attached hydrogens (tertiary/aromatic N) is 1. The van der Waals surface area contributed by atoms with Crippen molar-refractivity contribution in [2.45, 2.75) is 6.10 Å². The van der Waals surface area contributed by atoms with E-state index in [1.54, 1.807) is 18.4 Å². The third-order valence-electron chi connectivity index (χ3n) is 2.80. The highest BCUT2D eigenvalue weighted by atomic mass is 32.1. The highest BCUT2D eigenvalue weighted by Crippen LogP contribution is 2.30. The Kier molecular flexibility index (Phi) is 2.63. The van der Waals surface area contributed by atoms with Gasteiger partial charge in [0.1, 0.15) is 22.6 Å². The quantitative estimate of drug-likeness (QED) is 0.763. The number of nitriles is 1. The summed E-state index contributed by atoms with van der Waals surface area (Å²) in [4.78, 5) is 1.38. The summed E-state index contributed by atoms with van der Waals surface area (Å²) in [6, 6.07) is 13.0. The van der Waals surface area contributed by atoms with Crippen LogP contribution in [-0.2, 0) is 0 Å². The fourth-order valence-electron chi connectivity index (χ4n) is 1.88. The smallest absolute Gasteiger partial charge is 0.133 e. The van der Waals surface area contributed by atoms with Gasteiger partial charge >= 0.3 is 0 Å². The Labute approximate surface area is 108 Å². The molecule has 0 aliphatic carbocycles. The first-order valence-electron chi connectivity index (χ1n) is 5.43. The molecule has 0 saturated heterocycles. The van der Waals surface area contributed by atoms with Crippen molar-refractivity contribution in [3.05, 3.63) is 58.0 Å². The summed E-state index contributed by atoms with van der Waals surface area (Å²) < 4.78 is 5.26. The van der Waals surface area contributed by atoms with Crippen molar-refractivity contribution in [2.24, 2.45) is 0 Å². The van der Waals surface area contributed by atoms with Crippen LogP contribution in [0, 0.1) is 11.3 Å². The van der Waals surface area contributed by atoms with Crippen LogP contribution < -0.4 is 0 Å². The average molecular weight is 255 g/mol. The molecule has 1 unspecified atom stereocenters. The second kappa shape index (κ2) is 4.30. The van der Waals surface area contributed by atoms with Crippen LogP contribution in [0.3, 0.4) is 0 Å². The molecule has 4 heteroatoms. The second-order valence-corrected chi connectivity index (χ2v) is 5.05. The van der Waals surface area contributed by atoms with Gasteiger partial charge in [0.25, 0.3) is 0 Å². The number of rotatable bonds is 2. The first kappa shape index (κ1) is 11.0. The Balaban J connectivity index is 2.00. The Morgan fingerprint density at radius 1 is 1.22 bits per heavy atom. The van der Waals surface area contributed by atoms with E-state index in [2.05, 4.69) is 6.07 Å². The molecule has 88 valence electrons. The van der Waals surface area contributed by atoms with Crippen LogP contribution >= 0.6 is 11.3 Å². The lowest BCUT2D eigenvalue weighted by molar-refractivity contribution is 0.224. The third-order valence-corrected chi connectivity index (χ3v) is 3.84. The maximum atomic E-state index is 10.3. The minimum absolute atomic E-state index is 0.605. The largest absolute Gasteiger partial charge is 0.464 e. The number of fused-ring (bicyclic) bond motifs is 1. The van der Waals surface area contributed by atoms with Gasteiger partial charge in [-0.25, -0.2) is 0 Å². The minimum Gasteiger partial charge on any atom is -0.464 e. The minimum atomic E-state index is -0.698. The maximum Gasteiger partial charge on any atom is 0.133 e. The van der Waals surface area contributed by atoms with E-state index in [-0.39, 0.29) is 0 Å². The number of thiophene rings is 1. The molecule has 2 heterocycles. The van der Waals surface area contributed by atoms with Crippen LogP contribution in [-0.4, -0.2) is 5.11 Å². The normalized spacial score (nSPS) is 12.4. The fourth-order valence-corrected chi connectivity index (χ4v) is 2.70. The van der Waals surface area contributed by atoms with Crippen molar-refractivity contribution in [1.29, 1.82) is 5.26 Å². The molecule has 0 spiro atoms. The van der Waals surface area contributed by atoms with Gasteiger partial charge < -0.3 is 9.52 Å². The molecular formula is C14H9NO2S. The van der Waals surface area contributed by atoms with Crippen molar-refractivity contribution in [3.8, 4) is 6.07 Å². The number of furan rings is 1. The maximum absolute atomic E-state index is 10.3. The highest BCUT2D eigenvalue weighted by Gasteiger charge is 2.14. The van der Waals surface area contributed by atoms with Crippen LogP contribution in [0.15, 0.2) is 47.1 Å². The Morgan fingerprint density at radius 2 is 2.11 bits per heavy atom. The molecule has 1 N–H and O–H groups in total. The van der Waals surface area contributed by atoms with Crippen molar-refractivity contribution in [3.63, 3.8) is 0 Å². The molecule has 1 aromatic carbocycles. The van der Waals surface area contributed by atoms with Crippen molar-refractivity contribution in [2.75, 3.05) is 0 Å². The van der Waals surface area contributed by atoms with Gasteiger partial charge in [0, 0.05) is 10.3 Å². The number of hydrogen-bond donors (Lipinski definition) is 1. The van der Waals surface area contributed by atoms with Crippen molar-refractivity contribution < 1.29 is 9.52 Å². The summed E-state index contributed by atoms with van der Waals surface area (Å²) in [7, 11) is 0. The van der Waals surface area contributed by atoms with E-state index in [1.807, 2.05) is 24.3 Å². The van der Waals surface area contributed by atoms with Crippen LogP contribution in [0.1, 0.15) is 21.4 Å². The zero-order valence-corrected chi connectivity index (χ0v) is 10.1.